The zero-order valence-corrected chi connectivity index (χ0v) is 13.3. The number of nitrogens with one attached hydrogen (secondary N) is 1. The van der Waals surface area contributed by atoms with Crippen molar-refractivity contribution < 1.29 is 0 Å². The second kappa shape index (κ2) is 7.04. The van der Waals surface area contributed by atoms with Gasteiger partial charge in [0.05, 0.1) is 0 Å². The molecule has 4 nitrogen and oxygen atoms in total. The summed E-state index contributed by atoms with van der Waals surface area (Å²) in [5.41, 5.74) is 2.65. The fourth-order valence-corrected chi connectivity index (χ4v) is 2.78. The molecule has 2 heterocycles. The average molecular weight is 276 g/mol. The van der Waals surface area contributed by atoms with Crippen LogP contribution in [0.4, 0.5) is 5.69 Å². The summed E-state index contributed by atoms with van der Waals surface area (Å²) >= 11 is 0. The van der Waals surface area contributed by atoms with E-state index in [4.69, 9.17) is 0 Å². The number of rotatable bonds is 5. The molecule has 0 aromatic carbocycles. The summed E-state index contributed by atoms with van der Waals surface area (Å²) in [6, 6.07) is 3.32. The van der Waals surface area contributed by atoms with Crippen molar-refractivity contribution in [3.05, 3.63) is 24.0 Å². The molecule has 20 heavy (non-hydrogen) atoms. The first-order valence-corrected chi connectivity index (χ1v) is 7.73. The molecule has 1 fully saturated rings. The van der Waals surface area contributed by atoms with E-state index in [1.807, 2.05) is 12.4 Å². The highest BCUT2D eigenvalue weighted by molar-refractivity contribution is 5.52. The second-order valence-corrected chi connectivity index (χ2v) is 6.03. The van der Waals surface area contributed by atoms with Crippen LogP contribution < -0.4 is 10.2 Å². The van der Waals surface area contributed by atoms with Gasteiger partial charge in [0.15, 0.2) is 0 Å². The minimum Gasteiger partial charge on any atom is -0.368 e. The second-order valence-electron chi connectivity index (χ2n) is 6.03. The lowest BCUT2D eigenvalue weighted by molar-refractivity contribution is 0.213. The summed E-state index contributed by atoms with van der Waals surface area (Å²) in [7, 11) is 2.24. The third-order valence-corrected chi connectivity index (χ3v) is 4.17. The number of hydrogen-bond donors (Lipinski definition) is 1. The van der Waals surface area contributed by atoms with Crippen LogP contribution >= 0.6 is 0 Å². The molecule has 1 aliphatic heterocycles. The quantitative estimate of drug-likeness (QED) is 0.892. The number of hydrogen-bond acceptors (Lipinski definition) is 4. The van der Waals surface area contributed by atoms with E-state index in [0.29, 0.717) is 12.1 Å². The van der Waals surface area contributed by atoms with Gasteiger partial charge in [0.1, 0.15) is 0 Å². The molecule has 0 amide bonds. The molecule has 1 atom stereocenters. The fourth-order valence-electron chi connectivity index (χ4n) is 2.78. The van der Waals surface area contributed by atoms with Crippen molar-refractivity contribution in [3.63, 3.8) is 0 Å². The van der Waals surface area contributed by atoms with Crippen LogP contribution in [-0.4, -0.2) is 48.6 Å². The van der Waals surface area contributed by atoms with Crippen LogP contribution in [-0.2, 0) is 6.54 Å². The van der Waals surface area contributed by atoms with Crippen molar-refractivity contribution in [2.75, 3.05) is 31.6 Å². The summed E-state index contributed by atoms with van der Waals surface area (Å²) in [5, 5.41) is 3.50. The Morgan fingerprint density at radius 2 is 2.20 bits per heavy atom. The Bertz CT molecular complexity index is 419. The highest BCUT2D eigenvalue weighted by Gasteiger charge is 2.24. The van der Waals surface area contributed by atoms with Crippen LogP contribution in [0.1, 0.15) is 32.8 Å². The van der Waals surface area contributed by atoms with Gasteiger partial charge in [-0.1, -0.05) is 20.8 Å². The van der Waals surface area contributed by atoms with Gasteiger partial charge in [-0.25, -0.2) is 0 Å². The third-order valence-electron chi connectivity index (χ3n) is 4.17. The van der Waals surface area contributed by atoms with E-state index in [-0.39, 0.29) is 0 Å². The van der Waals surface area contributed by atoms with Crippen LogP contribution in [0.5, 0.6) is 0 Å². The maximum Gasteiger partial charge on any atom is 0.0443 e. The van der Waals surface area contributed by atoms with Crippen molar-refractivity contribution >= 4 is 5.69 Å². The van der Waals surface area contributed by atoms with Crippen LogP contribution in [0.2, 0.25) is 0 Å². The monoisotopic (exact) mass is 276 g/mol. The van der Waals surface area contributed by atoms with Gasteiger partial charge >= 0.3 is 0 Å². The molecule has 1 saturated heterocycles. The van der Waals surface area contributed by atoms with Crippen molar-refractivity contribution in [3.8, 4) is 0 Å². The van der Waals surface area contributed by atoms with Gasteiger partial charge in [0, 0.05) is 61.9 Å². The molecule has 1 unspecified atom stereocenters. The average Bonchev–Trinajstić information content (AvgIpc) is 2.46. The Labute approximate surface area is 123 Å². The van der Waals surface area contributed by atoms with Crippen molar-refractivity contribution in [2.45, 2.75) is 45.8 Å². The fraction of sp³-hybridized carbons (Fsp3) is 0.688. The summed E-state index contributed by atoms with van der Waals surface area (Å²) < 4.78 is 0. The lowest BCUT2D eigenvalue weighted by atomic mass is 10.1. The Kier molecular flexibility index (Phi) is 5.38. The molecule has 0 radical (unpaired) electrons. The van der Waals surface area contributed by atoms with Gasteiger partial charge in [0.2, 0.25) is 0 Å². The Balaban J connectivity index is 2.11. The highest BCUT2D eigenvalue weighted by Crippen LogP contribution is 2.23. The Hall–Kier alpha value is -1.13. The topological polar surface area (TPSA) is 31.4 Å². The number of anilines is 1. The van der Waals surface area contributed by atoms with Gasteiger partial charge in [-0.05, 0) is 19.5 Å². The molecule has 0 spiro atoms. The zero-order valence-electron chi connectivity index (χ0n) is 13.3. The van der Waals surface area contributed by atoms with E-state index in [2.05, 4.69) is 54.0 Å². The Morgan fingerprint density at radius 1 is 1.40 bits per heavy atom. The largest absolute Gasteiger partial charge is 0.368 e. The van der Waals surface area contributed by atoms with Gasteiger partial charge < -0.3 is 10.2 Å². The van der Waals surface area contributed by atoms with E-state index >= 15 is 0 Å². The molecule has 1 aromatic rings. The summed E-state index contributed by atoms with van der Waals surface area (Å²) in [6.07, 6.45) is 5.12. The molecule has 0 saturated carbocycles. The summed E-state index contributed by atoms with van der Waals surface area (Å²) in [6.45, 7) is 10.9. The smallest absolute Gasteiger partial charge is 0.0443 e. The summed E-state index contributed by atoms with van der Waals surface area (Å²) in [4.78, 5) is 9.29. The van der Waals surface area contributed by atoms with Gasteiger partial charge in [-0.15, -0.1) is 0 Å². The van der Waals surface area contributed by atoms with Crippen molar-refractivity contribution in [2.24, 2.45) is 0 Å². The van der Waals surface area contributed by atoms with Crippen LogP contribution in [0, 0.1) is 0 Å². The minimum absolute atomic E-state index is 0.499. The van der Waals surface area contributed by atoms with E-state index in [9.17, 15) is 0 Å². The van der Waals surface area contributed by atoms with E-state index in [0.717, 1.165) is 26.2 Å². The molecule has 1 aliphatic rings. The number of nitrogens with zero attached hydrogens (tertiary/aromatic N) is 3. The maximum atomic E-state index is 4.30. The maximum absolute atomic E-state index is 4.30. The standard InChI is InChI=1S/C16H28N4/c1-5-15-12-20(9-8-19(15)4)16-6-7-17-10-14(16)11-18-13(2)3/h6-7,10,13,15,18H,5,8-9,11-12H2,1-4H3. The number of likely N-dealkylation sites (N-methyl/N-ethyl adjacent to an activating group) is 1. The molecular formula is C16H28N4. The van der Waals surface area contributed by atoms with Gasteiger partial charge in [-0.2, -0.15) is 0 Å². The molecule has 0 bridgehead atoms. The minimum atomic E-state index is 0.499. The summed E-state index contributed by atoms with van der Waals surface area (Å²) in [5.74, 6) is 0. The lowest BCUT2D eigenvalue weighted by Crippen LogP contribution is -2.51. The van der Waals surface area contributed by atoms with Crippen molar-refractivity contribution in [1.82, 2.24) is 15.2 Å². The molecule has 1 N–H and O–H groups in total. The SMILES string of the molecule is CCC1CN(c2ccncc2CNC(C)C)CCN1C. The van der Waals surface area contributed by atoms with E-state index < -0.39 is 0 Å². The normalized spacial score (nSPS) is 20.6. The molecule has 2 rings (SSSR count). The zero-order chi connectivity index (χ0) is 14.5. The van der Waals surface area contributed by atoms with E-state index in [1.165, 1.54) is 17.7 Å². The molecule has 4 heteroatoms. The van der Waals surface area contributed by atoms with Crippen LogP contribution in [0.3, 0.4) is 0 Å². The highest BCUT2D eigenvalue weighted by atomic mass is 15.3. The predicted octanol–water partition coefficient (Wildman–Crippen LogP) is 2.11. The molecule has 0 aliphatic carbocycles. The third kappa shape index (κ3) is 3.70. The molecular weight excluding hydrogens is 248 g/mol. The first kappa shape index (κ1) is 15.3. The molecule has 1 aromatic heterocycles. The first-order chi connectivity index (χ1) is 9.61. The number of pyridine rings is 1. The van der Waals surface area contributed by atoms with Crippen LogP contribution in [0.25, 0.3) is 0 Å². The molecule has 112 valence electrons. The number of aromatic nitrogens is 1. The number of piperazine rings is 1. The van der Waals surface area contributed by atoms with E-state index in [1.54, 1.807) is 0 Å². The lowest BCUT2D eigenvalue weighted by Gasteiger charge is -2.41. The predicted molar refractivity (Wildman–Crippen MR) is 85.1 cm³/mol. The Morgan fingerprint density at radius 3 is 2.90 bits per heavy atom. The van der Waals surface area contributed by atoms with Crippen molar-refractivity contribution in [1.29, 1.82) is 0 Å². The first-order valence-electron chi connectivity index (χ1n) is 7.73. The van der Waals surface area contributed by atoms with Gasteiger partial charge in [0.25, 0.3) is 0 Å². The van der Waals surface area contributed by atoms with Gasteiger partial charge in [-0.3, -0.25) is 9.88 Å². The van der Waals surface area contributed by atoms with Crippen LogP contribution in [0.15, 0.2) is 18.5 Å².